The number of nitrogens with one attached hydrogen (secondary N) is 1. The molecule has 0 radical (unpaired) electrons. The maximum atomic E-state index is 15.5. The molecule has 0 unspecified atom stereocenters. The van der Waals surface area contributed by atoms with Crippen LogP contribution in [0.15, 0.2) is 42.2 Å². The number of halogens is 2. The molecule has 2 aromatic carbocycles. The molecular weight excluding hydrogens is 360 g/mol. The molecule has 1 heterocycles. The van der Waals surface area contributed by atoms with E-state index in [1.54, 1.807) is 30.3 Å². The summed E-state index contributed by atoms with van der Waals surface area (Å²) in [7, 11) is 0. The highest BCUT2D eigenvalue weighted by Crippen LogP contribution is 2.44. The second-order valence-corrected chi connectivity index (χ2v) is 8.03. The summed E-state index contributed by atoms with van der Waals surface area (Å²) in [4.78, 5) is 12.8. The van der Waals surface area contributed by atoms with Gasteiger partial charge >= 0.3 is 0 Å². The van der Waals surface area contributed by atoms with Gasteiger partial charge in [0.25, 0.3) is 5.91 Å². The molecule has 146 valence electrons. The van der Waals surface area contributed by atoms with Gasteiger partial charge in [-0.25, -0.2) is 8.78 Å². The van der Waals surface area contributed by atoms with E-state index in [1.165, 1.54) is 6.92 Å². The van der Waals surface area contributed by atoms with Crippen LogP contribution in [0.4, 0.5) is 8.78 Å². The fourth-order valence-corrected chi connectivity index (χ4v) is 4.38. The van der Waals surface area contributed by atoms with Crippen molar-refractivity contribution in [3.05, 3.63) is 64.9 Å². The first-order chi connectivity index (χ1) is 13.3. The van der Waals surface area contributed by atoms with Crippen molar-refractivity contribution in [1.29, 1.82) is 0 Å². The predicted octanol–water partition coefficient (Wildman–Crippen LogP) is 5.29. The van der Waals surface area contributed by atoms with Crippen molar-refractivity contribution in [2.24, 2.45) is 5.92 Å². The topological polar surface area (TPSA) is 49.3 Å². The molecule has 0 atom stereocenters. The molecule has 1 saturated carbocycles. The summed E-state index contributed by atoms with van der Waals surface area (Å²) in [6.45, 7) is 3.57. The minimum absolute atomic E-state index is 0.0232. The van der Waals surface area contributed by atoms with Gasteiger partial charge in [0.15, 0.2) is 0 Å². The maximum absolute atomic E-state index is 15.5. The average Bonchev–Trinajstić information content (AvgIpc) is 2.92. The second kappa shape index (κ2) is 6.73. The Morgan fingerprint density at radius 1 is 1.14 bits per heavy atom. The van der Waals surface area contributed by atoms with E-state index in [-0.39, 0.29) is 28.0 Å². The fourth-order valence-electron chi connectivity index (χ4n) is 4.38. The van der Waals surface area contributed by atoms with Crippen molar-refractivity contribution in [1.82, 2.24) is 5.32 Å². The van der Waals surface area contributed by atoms with Crippen LogP contribution in [-0.2, 0) is 4.79 Å². The third-order valence-corrected chi connectivity index (χ3v) is 6.19. The van der Waals surface area contributed by atoms with E-state index >= 15 is 4.39 Å². The number of benzene rings is 2. The third-order valence-electron chi connectivity index (χ3n) is 6.19. The number of hydrogen-bond donors (Lipinski definition) is 2. The lowest BCUT2D eigenvalue weighted by molar-refractivity contribution is -0.116. The van der Waals surface area contributed by atoms with Gasteiger partial charge in [-0.15, -0.1) is 0 Å². The summed E-state index contributed by atoms with van der Waals surface area (Å²) >= 11 is 0. The lowest BCUT2D eigenvalue weighted by Gasteiger charge is -2.36. The summed E-state index contributed by atoms with van der Waals surface area (Å²) < 4.78 is 30.2. The Labute approximate surface area is 163 Å². The number of carbonyl (C=O) groups excluding carboxylic acids is 1. The van der Waals surface area contributed by atoms with Gasteiger partial charge < -0.3 is 10.4 Å². The zero-order valence-electron chi connectivity index (χ0n) is 16.0. The smallest absolute Gasteiger partial charge is 0.256 e. The Morgan fingerprint density at radius 3 is 2.43 bits per heavy atom. The van der Waals surface area contributed by atoms with E-state index in [1.807, 2.05) is 0 Å². The van der Waals surface area contributed by atoms with E-state index in [0.717, 1.165) is 18.9 Å². The first-order valence-electron chi connectivity index (χ1n) is 9.64. The summed E-state index contributed by atoms with van der Waals surface area (Å²) in [5.74, 6) is -1.49. The SMILES string of the molecule is Cc1c(F)cc(-c2ccccc2)c(F)c1C1=C(O)C2(CCC(C)CC2)NC1=O. The van der Waals surface area contributed by atoms with Crippen LogP contribution in [0, 0.1) is 24.5 Å². The monoisotopic (exact) mass is 383 g/mol. The Balaban J connectivity index is 1.90. The minimum Gasteiger partial charge on any atom is -0.509 e. The lowest BCUT2D eigenvalue weighted by Crippen LogP contribution is -2.47. The van der Waals surface area contributed by atoms with Crippen molar-refractivity contribution < 1.29 is 18.7 Å². The van der Waals surface area contributed by atoms with Gasteiger partial charge in [-0.1, -0.05) is 37.3 Å². The van der Waals surface area contributed by atoms with Crippen molar-refractivity contribution >= 4 is 11.5 Å². The molecule has 1 fully saturated rings. The fraction of sp³-hybridized carbons (Fsp3) is 0.348. The molecule has 0 aromatic heterocycles. The van der Waals surface area contributed by atoms with E-state index < -0.39 is 23.1 Å². The molecule has 5 heteroatoms. The largest absolute Gasteiger partial charge is 0.509 e. The Bertz CT molecular complexity index is 974. The van der Waals surface area contributed by atoms with E-state index in [9.17, 15) is 14.3 Å². The Morgan fingerprint density at radius 2 is 1.79 bits per heavy atom. The number of aliphatic hydroxyl groups is 1. The lowest BCUT2D eigenvalue weighted by atomic mass is 9.76. The molecule has 2 N–H and O–H groups in total. The zero-order valence-corrected chi connectivity index (χ0v) is 16.0. The molecule has 0 saturated heterocycles. The summed E-state index contributed by atoms with van der Waals surface area (Å²) in [6, 6.07) is 9.78. The van der Waals surface area contributed by atoms with Gasteiger partial charge in [-0.05, 0) is 55.7 Å². The molecular formula is C23H23F2NO2. The highest BCUT2D eigenvalue weighted by Gasteiger charge is 2.48. The average molecular weight is 383 g/mol. The van der Waals surface area contributed by atoms with Crippen LogP contribution in [0.25, 0.3) is 16.7 Å². The number of hydrogen-bond acceptors (Lipinski definition) is 2. The van der Waals surface area contributed by atoms with Gasteiger partial charge in [0.1, 0.15) is 17.4 Å². The molecule has 1 aliphatic heterocycles. The van der Waals surface area contributed by atoms with Crippen LogP contribution < -0.4 is 5.32 Å². The molecule has 3 nitrogen and oxygen atoms in total. The van der Waals surface area contributed by atoms with Gasteiger partial charge in [-0.3, -0.25) is 4.79 Å². The molecule has 4 rings (SSSR count). The summed E-state index contributed by atoms with van der Waals surface area (Å²) in [5.41, 5.74) is -0.539. The van der Waals surface area contributed by atoms with Crippen molar-refractivity contribution in [2.75, 3.05) is 0 Å². The van der Waals surface area contributed by atoms with Gasteiger partial charge in [0.05, 0.1) is 11.1 Å². The van der Waals surface area contributed by atoms with E-state index in [2.05, 4.69) is 12.2 Å². The van der Waals surface area contributed by atoms with Crippen LogP contribution in [0.2, 0.25) is 0 Å². The minimum atomic E-state index is -0.864. The molecule has 1 aliphatic carbocycles. The van der Waals surface area contributed by atoms with Crippen LogP contribution in [0.1, 0.15) is 43.7 Å². The van der Waals surface area contributed by atoms with E-state index in [0.29, 0.717) is 24.3 Å². The van der Waals surface area contributed by atoms with Crippen LogP contribution >= 0.6 is 0 Å². The third kappa shape index (κ3) is 2.81. The molecule has 2 aliphatic rings. The Hall–Kier alpha value is -2.69. The molecule has 1 amide bonds. The maximum Gasteiger partial charge on any atom is 0.256 e. The Kier molecular flexibility index (Phi) is 4.48. The number of amides is 1. The number of carbonyl (C=O) groups is 1. The van der Waals surface area contributed by atoms with Crippen molar-refractivity contribution in [3.8, 4) is 11.1 Å². The molecule has 28 heavy (non-hydrogen) atoms. The van der Waals surface area contributed by atoms with Gasteiger partial charge in [0.2, 0.25) is 0 Å². The van der Waals surface area contributed by atoms with Crippen molar-refractivity contribution in [3.63, 3.8) is 0 Å². The summed E-state index contributed by atoms with van der Waals surface area (Å²) in [5, 5.41) is 13.9. The van der Waals surface area contributed by atoms with Crippen molar-refractivity contribution in [2.45, 2.75) is 45.1 Å². The number of aliphatic hydroxyl groups excluding tert-OH is 1. The molecule has 2 aromatic rings. The highest BCUT2D eigenvalue weighted by molar-refractivity contribution is 6.23. The standard InChI is InChI=1S/C23H23F2NO2/c1-13-8-10-23(11-9-13)21(27)19(22(28)26-23)18-14(2)17(24)12-16(20(18)25)15-6-4-3-5-7-15/h3-7,12-13,27H,8-11H2,1-2H3,(H,26,28). The second-order valence-electron chi connectivity index (χ2n) is 8.03. The predicted molar refractivity (Wildman–Crippen MR) is 105 cm³/mol. The quantitative estimate of drug-likeness (QED) is 0.740. The first kappa shape index (κ1) is 18.7. The normalized spacial score (nSPS) is 24.7. The highest BCUT2D eigenvalue weighted by atomic mass is 19.1. The van der Waals surface area contributed by atoms with Crippen LogP contribution in [0.3, 0.4) is 0 Å². The zero-order chi connectivity index (χ0) is 20.1. The first-order valence-corrected chi connectivity index (χ1v) is 9.64. The van der Waals surface area contributed by atoms with Gasteiger partial charge in [-0.2, -0.15) is 0 Å². The van der Waals surface area contributed by atoms with E-state index in [4.69, 9.17) is 0 Å². The number of rotatable bonds is 2. The van der Waals surface area contributed by atoms with Crippen LogP contribution in [0.5, 0.6) is 0 Å². The van der Waals surface area contributed by atoms with Gasteiger partial charge in [0, 0.05) is 11.1 Å². The molecule has 1 spiro atoms. The van der Waals surface area contributed by atoms with Crippen LogP contribution in [-0.4, -0.2) is 16.6 Å². The molecule has 0 bridgehead atoms. The summed E-state index contributed by atoms with van der Waals surface area (Å²) in [6.07, 6.45) is 2.91.